The van der Waals surface area contributed by atoms with Crippen molar-refractivity contribution in [3.63, 3.8) is 0 Å². The number of halogens is 5. The fourth-order valence-electron chi connectivity index (χ4n) is 1.31. The molecule has 0 heterocycles. The Kier molecular flexibility index (Phi) is 7.39. The molecule has 0 unspecified atom stereocenters. The van der Waals surface area contributed by atoms with E-state index in [1.165, 1.54) is 12.1 Å². The summed E-state index contributed by atoms with van der Waals surface area (Å²) in [6.45, 7) is 0.363. The highest BCUT2D eigenvalue weighted by atomic mass is 79.9. The summed E-state index contributed by atoms with van der Waals surface area (Å²) in [7, 11) is 0. The van der Waals surface area contributed by atoms with Crippen molar-refractivity contribution in [2.24, 2.45) is 5.73 Å². The van der Waals surface area contributed by atoms with Crippen LogP contribution in [0.4, 0.5) is 18.9 Å². The molecule has 3 N–H and O–H groups in total. The van der Waals surface area contributed by atoms with Crippen molar-refractivity contribution >= 4 is 39.9 Å². The van der Waals surface area contributed by atoms with Gasteiger partial charge in [0, 0.05) is 16.6 Å². The predicted octanol–water partition coefficient (Wildman–Crippen LogP) is 3.57. The highest BCUT2D eigenvalue weighted by Crippen LogP contribution is 2.36. The normalized spacial score (nSPS) is 10.8. The maximum absolute atomic E-state index is 12.6. The summed E-state index contributed by atoms with van der Waals surface area (Å²) in [4.78, 5) is 11.4. The number of anilines is 1. The van der Waals surface area contributed by atoms with Crippen molar-refractivity contribution in [1.82, 2.24) is 0 Å². The Hall–Kier alpha value is -0.790. The SMILES string of the molecule is Cl.NCCCC(=O)Nc1ccc(Br)c(C(F)(F)F)c1. The highest BCUT2D eigenvalue weighted by molar-refractivity contribution is 9.10. The second kappa shape index (κ2) is 7.72. The van der Waals surface area contributed by atoms with Gasteiger partial charge >= 0.3 is 6.18 Å². The third kappa shape index (κ3) is 5.80. The Morgan fingerprint density at radius 2 is 2.00 bits per heavy atom. The average molecular weight is 362 g/mol. The van der Waals surface area contributed by atoms with Gasteiger partial charge in [0.25, 0.3) is 0 Å². The molecule has 0 spiro atoms. The minimum atomic E-state index is -4.46. The quantitative estimate of drug-likeness (QED) is 0.861. The Morgan fingerprint density at radius 3 is 2.53 bits per heavy atom. The summed E-state index contributed by atoms with van der Waals surface area (Å²) in [5, 5.41) is 2.40. The Labute approximate surface area is 123 Å². The first kappa shape index (κ1) is 18.2. The fraction of sp³-hybridized carbons (Fsp3) is 0.364. The summed E-state index contributed by atoms with van der Waals surface area (Å²) >= 11 is 2.83. The van der Waals surface area contributed by atoms with Gasteiger partial charge in [0.1, 0.15) is 0 Å². The molecule has 0 saturated heterocycles. The number of nitrogens with one attached hydrogen (secondary N) is 1. The van der Waals surface area contributed by atoms with Crippen molar-refractivity contribution in [3.05, 3.63) is 28.2 Å². The molecular weight excluding hydrogens is 348 g/mol. The molecule has 0 aliphatic carbocycles. The molecule has 0 aliphatic rings. The Morgan fingerprint density at radius 1 is 1.37 bits per heavy atom. The van der Waals surface area contributed by atoms with Crippen molar-refractivity contribution in [1.29, 1.82) is 0 Å². The van der Waals surface area contributed by atoms with E-state index in [2.05, 4.69) is 21.2 Å². The van der Waals surface area contributed by atoms with Gasteiger partial charge in [-0.1, -0.05) is 15.9 Å². The molecule has 1 aromatic carbocycles. The summed E-state index contributed by atoms with van der Waals surface area (Å²) in [5.41, 5.74) is 4.53. The van der Waals surface area contributed by atoms with Gasteiger partial charge < -0.3 is 11.1 Å². The molecule has 0 atom stereocenters. The fourth-order valence-corrected chi connectivity index (χ4v) is 1.78. The van der Waals surface area contributed by atoms with E-state index in [-0.39, 0.29) is 34.9 Å². The number of amides is 1. The number of nitrogens with two attached hydrogens (primary N) is 1. The van der Waals surface area contributed by atoms with Gasteiger partial charge in [0.05, 0.1) is 5.56 Å². The highest BCUT2D eigenvalue weighted by Gasteiger charge is 2.33. The number of benzene rings is 1. The summed E-state index contributed by atoms with van der Waals surface area (Å²) in [6, 6.07) is 3.55. The van der Waals surface area contributed by atoms with Crippen LogP contribution in [0, 0.1) is 0 Å². The maximum atomic E-state index is 12.6. The van der Waals surface area contributed by atoms with Crippen LogP contribution >= 0.6 is 28.3 Å². The molecule has 108 valence electrons. The Balaban J connectivity index is 0.00000324. The Bertz CT molecular complexity index is 440. The number of hydrogen-bond acceptors (Lipinski definition) is 2. The van der Waals surface area contributed by atoms with E-state index in [9.17, 15) is 18.0 Å². The number of carbonyl (C=O) groups excluding carboxylic acids is 1. The van der Waals surface area contributed by atoms with Crippen LogP contribution in [0.15, 0.2) is 22.7 Å². The minimum absolute atomic E-state index is 0. The summed E-state index contributed by atoms with van der Waals surface area (Å²) in [5.74, 6) is -0.351. The predicted molar refractivity (Wildman–Crippen MR) is 73.3 cm³/mol. The van der Waals surface area contributed by atoms with Crippen LogP contribution in [0.1, 0.15) is 18.4 Å². The number of alkyl halides is 3. The molecule has 0 radical (unpaired) electrons. The third-order valence-corrected chi connectivity index (χ3v) is 2.85. The van der Waals surface area contributed by atoms with Crippen LogP contribution in [0.25, 0.3) is 0 Å². The second-order valence-corrected chi connectivity index (χ2v) is 4.49. The van der Waals surface area contributed by atoms with Crippen LogP contribution in [0.2, 0.25) is 0 Å². The average Bonchev–Trinajstić information content (AvgIpc) is 2.27. The lowest BCUT2D eigenvalue weighted by atomic mass is 10.2. The van der Waals surface area contributed by atoms with Gasteiger partial charge in [-0.3, -0.25) is 4.79 Å². The molecule has 1 amide bonds. The van der Waals surface area contributed by atoms with E-state index < -0.39 is 11.7 Å². The maximum Gasteiger partial charge on any atom is 0.417 e. The molecule has 0 aromatic heterocycles. The lowest BCUT2D eigenvalue weighted by molar-refractivity contribution is -0.138. The van der Waals surface area contributed by atoms with Crippen molar-refractivity contribution in [2.75, 3.05) is 11.9 Å². The third-order valence-electron chi connectivity index (χ3n) is 2.16. The smallest absolute Gasteiger partial charge is 0.330 e. The lowest BCUT2D eigenvalue weighted by Crippen LogP contribution is -2.14. The van der Waals surface area contributed by atoms with Crippen molar-refractivity contribution in [3.8, 4) is 0 Å². The zero-order chi connectivity index (χ0) is 13.8. The van der Waals surface area contributed by atoms with Gasteiger partial charge in [-0.25, -0.2) is 0 Å². The molecule has 0 bridgehead atoms. The van der Waals surface area contributed by atoms with Gasteiger partial charge in [-0.15, -0.1) is 12.4 Å². The van der Waals surface area contributed by atoms with E-state index in [1.54, 1.807) is 0 Å². The zero-order valence-corrected chi connectivity index (χ0v) is 12.2. The van der Waals surface area contributed by atoms with Crippen LogP contribution in [-0.2, 0) is 11.0 Å². The van der Waals surface area contributed by atoms with Crippen molar-refractivity contribution in [2.45, 2.75) is 19.0 Å². The molecule has 0 fully saturated rings. The molecule has 19 heavy (non-hydrogen) atoms. The van der Waals surface area contributed by atoms with E-state index in [1.807, 2.05) is 0 Å². The first-order valence-electron chi connectivity index (χ1n) is 5.21. The molecule has 8 heteroatoms. The van der Waals surface area contributed by atoms with Crippen LogP contribution in [0.5, 0.6) is 0 Å². The van der Waals surface area contributed by atoms with Gasteiger partial charge in [0.2, 0.25) is 5.91 Å². The number of rotatable bonds is 4. The standard InChI is InChI=1S/C11H12BrF3N2O.ClH/c12-9-4-3-7(6-8(9)11(13,14)15)17-10(18)2-1-5-16;/h3-4,6H,1-2,5,16H2,(H,17,18);1H. The largest absolute Gasteiger partial charge is 0.417 e. The van der Waals surface area contributed by atoms with Gasteiger partial charge in [-0.05, 0) is 31.2 Å². The van der Waals surface area contributed by atoms with E-state index in [0.717, 1.165) is 6.07 Å². The molecular formula is C11H13BrClF3N2O. The monoisotopic (exact) mass is 360 g/mol. The van der Waals surface area contributed by atoms with Crippen LogP contribution < -0.4 is 11.1 Å². The van der Waals surface area contributed by atoms with Crippen LogP contribution in [-0.4, -0.2) is 12.5 Å². The van der Waals surface area contributed by atoms with Crippen molar-refractivity contribution < 1.29 is 18.0 Å². The molecule has 1 rings (SSSR count). The van der Waals surface area contributed by atoms with E-state index in [0.29, 0.717) is 13.0 Å². The van der Waals surface area contributed by atoms with Gasteiger partial charge in [0.15, 0.2) is 0 Å². The topological polar surface area (TPSA) is 55.1 Å². The zero-order valence-electron chi connectivity index (χ0n) is 9.76. The van der Waals surface area contributed by atoms with E-state index in [4.69, 9.17) is 5.73 Å². The first-order valence-corrected chi connectivity index (χ1v) is 6.00. The number of hydrogen-bond donors (Lipinski definition) is 2. The first-order chi connectivity index (χ1) is 8.34. The summed E-state index contributed by atoms with van der Waals surface area (Å²) < 4.78 is 37.8. The van der Waals surface area contributed by atoms with Crippen LogP contribution in [0.3, 0.4) is 0 Å². The summed E-state index contributed by atoms with van der Waals surface area (Å²) in [6.07, 6.45) is -3.78. The minimum Gasteiger partial charge on any atom is -0.330 e. The number of carbonyl (C=O) groups is 1. The molecule has 3 nitrogen and oxygen atoms in total. The van der Waals surface area contributed by atoms with Gasteiger partial charge in [-0.2, -0.15) is 13.2 Å². The molecule has 0 saturated carbocycles. The second-order valence-electron chi connectivity index (χ2n) is 3.63. The van der Waals surface area contributed by atoms with E-state index >= 15 is 0 Å². The molecule has 0 aliphatic heterocycles. The lowest BCUT2D eigenvalue weighted by Gasteiger charge is -2.11. The molecule has 1 aromatic rings.